The fourth-order valence-electron chi connectivity index (χ4n) is 3.30. The molecule has 0 aliphatic carbocycles. The van der Waals surface area contributed by atoms with Crippen molar-refractivity contribution in [2.24, 2.45) is 0 Å². The molecule has 4 nitrogen and oxygen atoms in total. The average molecular weight is 315 g/mol. The number of carbonyl (C=O) groups excluding carboxylic acids is 1. The van der Waals surface area contributed by atoms with Gasteiger partial charge >= 0.3 is 0 Å². The first-order chi connectivity index (χ1) is 11.2. The van der Waals surface area contributed by atoms with Crippen LogP contribution in [-0.4, -0.2) is 37.1 Å². The van der Waals surface area contributed by atoms with Gasteiger partial charge in [-0.3, -0.25) is 4.79 Å². The van der Waals surface area contributed by atoms with Gasteiger partial charge in [0.2, 0.25) is 5.91 Å². The molecular formula is C19H25NO3. The highest BCUT2D eigenvalue weighted by Crippen LogP contribution is 2.34. The summed E-state index contributed by atoms with van der Waals surface area (Å²) in [5.74, 6) is 0.848. The number of carbonyl (C=O) groups is 1. The molecule has 1 aromatic heterocycles. The van der Waals surface area contributed by atoms with Crippen molar-refractivity contribution < 1.29 is 13.9 Å². The lowest BCUT2D eigenvalue weighted by atomic mass is 9.94. The molecule has 0 N–H and O–H groups in total. The zero-order valence-electron chi connectivity index (χ0n) is 14.0. The molecular weight excluding hydrogens is 290 g/mol. The molecule has 2 heterocycles. The number of morpholine rings is 1. The number of para-hydroxylation sites is 1. The molecule has 0 spiro atoms. The quantitative estimate of drug-likeness (QED) is 0.841. The second kappa shape index (κ2) is 7.18. The number of nitrogens with zero attached hydrogens (tertiary/aromatic N) is 1. The van der Waals surface area contributed by atoms with E-state index in [2.05, 4.69) is 19.9 Å². The second-order valence-electron chi connectivity index (χ2n) is 6.22. The number of ether oxygens (including phenoxy) is 1. The molecule has 0 radical (unpaired) electrons. The van der Waals surface area contributed by atoms with E-state index in [4.69, 9.17) is 9.15 Å². The first-order valence-corrected chi connectivity index (χ1v) is 8.57. The zero-order chi connectivity index (χ0) is 16.2. The number of unbranched alkanes of at least 4 members (excludes halogenated alkanes) is 1. The number of amides is 1. The van der Waals surface area contributed by atoms with Crippen molar-refractivity contribution in [3.8, 4) is 0 Å². The summed E-state index contributed by atoms with van der Waals surface area (Å²) < 4.78 is 11.5. The Morgan fingerprint density at radius 1 is 1.26 bits per heavy atom. The van der Waals surface area contributed by atoms with Crippen molar-refractivity contribution in [3.63, 3.8) is 0 Å². The molecule has 1 atom stereocenters. The Balaban J connectivity index is 1.93. The van der Waals surface area contributed by atoms with Crippen LogP contribution in [0.1, 0.15) is 43.4 Å². The molecule has 1 unspecified atom stereocenters. The number of furan rings is 1. The highest BCUT2D eigenvalue weighted by atomic mass is 16.5. The number of fused-ring (bicyclic) bond motifs is 1. The fraction of sp³-hybridized carbons (Fsp3) is 0.526. The van der Waals surface area contributed by atoms with Crippen LogP contribution in [0.4, 0.5) is 0 Å². The summed E-state index contributed by atoms with van der Waals surface area (Å²) in [7, 11) is 0. The molecule has 1 aliphatic heterocycles. The van der Waals surface area contributed by atoms with Crippen LogP contribution in [0.25, 0.3) is 11.0 Å². The Hall–Kier alpha value is -1.81. The van der Waals surface area contributed by atoms with Crippen LogP contribution in [-0.2, 0) is 9.53 Å². The predicted molar refractivity (Wildman–Crippen MR) is 90.6 cm³/mol. The Labute approximate surface area is 137 Å². The van der Waals surface area contributed by atoms with Gasteiger partial charge in [0.05, 0.1) is 19.1 Å². The van der Waals surface area contributed by atoms with Crippen molar-refractivity contribution in [1.82, 2.24) is 4.90 Å². The molecule has 1 aromatic carbocycles. The maximum absolute atomic E-state index is 13.0. The molecule has 4 heteroatoms. The summed E-state index contributed by atoms with van der Waals surface area (Å²) in [6, 6.07) is 8.02. The minimum atomic E-state index is -0.180. The van der Waals surface area contributed by atoms with E-state index in [-0.39, 0.29) is 11.8 Å². The molecule has 1 saturated heterocycles. The van der Waals surface area contributed by atoms with E-state index in [1.54, 1.807) is 0 Å². The van der Waals surface area contributed by atoms with Crippen molar-refractivity contribution in [2.75, 3.05) is 26.3 Å². The van der Waals surface area contributed by atoms with Crippen molar-refractivity contribution in [2.45, 2.75) is 39.0 Å². The molecule has 124 valence electrons. The zero-order valence-corrected chi connectivity index (χ0v) is 14.0. The second-order valence-corrected chi connectivity index (χ2v) is 6.22. The Morgan fingerprint density at radius 2 is 2.00 bits per heavy atom. The normalized spacial score (nSPS) is 16.7. The van der Waals surface area contributed by atoms with Gasteiger partial charge in [-0.05, 0) is 25.0 Å². The van der Waals surface area contributed by atoms with Gasteiger partial charge in [-0.2, -0.15) is 0 Å². The van der Waals surface area contributed by atoms with Crippen LogP contribution in [0.3, 0.4) is 0 Å². The summed E-state index contributed by atoms with van der Waals surface area (Å²) in [6.07, 6.45) is 2.94. The lowest BCUT2D eigenvalue weighted by molar-refractivity contribution is -0.137. The van der Waals surface area contributed by atoms with Crippen LogP contribution in [0.5, 0.6) is 0 Å². The molecule has 23 heavy (non-hydrogen) atoms. The Kier molecular flexibility index (Phi) is 5.01. The first kappa shape index (κ1) is 16.1. The third-order valence-corrected chi connectivity index (χ3v) is 4.66. The van der Waals surface area contributed by atoms with Gasteiger partial charge in [-0.15, -0.1) is 0 Å². The van der Waals surface area contributed by atoms with Gasteiger partial charge in [0.25, 0.3) is 0 Å². The van der Waals surface area contributed by atoms with Crippen molar-refractivity contribution >= 4 is 16.9 Å². The lowest BCUT2D eigenvalue weighted by Crippen LogP contribution is -2.43. The minimum Gasteiger partial charge on any atom is -0.460 e. The molecule has 2 aromatic rings. The smallest absolute Gasteiger partial charge is 0.233 e. The van der Waals surface area contributed by atoms with Gasteiger partial charge < -0.3 is 14.1 Å². The number of hydrogen-bond acceptors (Lipinski definition) is 3. The Morgan fingerprint density at radius 3 is 2.70 bits per heavy atom. The molecule has 1 aliphatic rings. The summed E-state index contributed by atoms with van der Waals surface area (Å²) in [4.78, 5) is 15.0. The van der Waals surface area contributed by atoms with Gasteiger partial charge in [0.1, 0.15) is 11.3 Å². The van der Waals surface area contributed by atoms with Gasteiger partial charge in [0.15, 0.2) is 0 Å². The maximum atomic E-state index is 13.0. The average Bonchev–Trinajstić information content (AvgIpc) is 2.93. The monoisotopic (exact) mass is 315 g/mol. The van der Waals surface area contributed by atoms with Crippen LogP contribution < -0.4 is 0 Å². The summed E-state index contributed by atoms with van der Waals surface area (Å²) in [5.41, 5.74) is 1.97. The van der Waals surface area contributed by atoms with Gasteiger partial charge in [-0.25, -0.2) is 0 Å². The van der Waals surface area contributed by atoms with E-state index in [0.29, 0.717) is 26.3 Å². The van der Waals surface area contributed by atoms with E-state index in [1.165, 1.54) is 0 Å². The third-order valence-electron chi connectivity index (χ3n) is 4.66. The summed E-state index contributed by atoms with van der Waals surface area (Å²) in [6.45, 7) is 6.84. The summed E-state index contributed by atoms with van der Waals surface area (Å²) in [5, 5.41) is 1.11. The summed E-state index contributed by atoms with van der Waals surface area (Å²) >= 11 is 0. The van der Waals surface area contributed by atoms with Crippen LogP contribution in [0.15, 0.2) is 28.7 Å². The number of aryl methyl sites for hydroxylation is 1. The Bertz CT molecular complexity index is 670. The van der Waals surface area contributed by atoms with Gasteiger partial charge in [-0.1, -0.05) is 38.0 Å². The number of rotatable bonds is 5. The SMILES string of the molecule is CCCCC(C(=O)N1CCOCC1)c1oc2ccccc2c1C. The van der Waals surface area contributed by atoms with E-state index in [0.717, 1.165) is 41.6 Å². The van der Waals surface area contributed by atoms with E-state index < -0.39 is 0 Å². The molecule has 1 fully saturated rings. The van der Waals surface area contributed by atoms with Crippen molar-refractivity contribution in [3.05, 3.63) is 35.6 Å². The molecule has 0 bridgehead atoms. The van der Waals surface area contributed by atoms with E-state index in [1.807, 2.05) is 23.1 Å². The van der Waals surface area contributed by atoms with Gasteiger partial charge in [0, 0.05) is 18.5 Å². The molecule has 0 saturated carbocycles. The van der Waals surface area contributed by atoms with Crippen LogP contribution in [0, 0.1) is 6.92 Å². The fourth-order valence-corrected chi connectivity index (χ4v) is 3.30. The highest BCUT2D eigenvalue weighted by Gasteiger charge is 2.31. The third kappa shape index (κ3) is 3.27. The highest BCUT2D eigenvalue weighted by molar-refractivity contribution is 5.88. The van der Waals surface area contributed by atoms with Crippen LogP contribution >= 0.6 is 0 Å². The largest absolute Gasteiger partial charge is 0.460 e. The topological polar surface area (TPSA) is 42.7 Å². The van der Waals surface area contributed by atoms with Crippen LogP contribution in [0.2, 0.25) is 0 Å². The first-order valence-electron chi connectivity index (χ1n) is 8.57. The molecule has 3 rings (SSSR count). The maximum Gasteiger partial charge on any atom is 0.233 e. The number of benzene rings is 1. The van der Waals surface area contributed by atoms with Crippen molar-refractivity contribution in [1.29, 1.82) is 0 Å². The van der Waals surface area contributed by atoms with E-state index >= 15 is 0 Å². The molecule has 1 amide bonds. The minimum absolute atomic E-state index is 0.180. The standard InChI is InChI=1S/C19H25NO3/c1-3-4-7-16(19(21)20-10-12-22-13-11-20)18-14(2)15-8-5-6-9-17(15)23-18/h5-6,8-9,16H,3-4,7,10-13H2,1-2H3. The number of hydrogen-bond donors (Lipinski definition) is 0. The van der Waals surface area contributed by atoms with E-state index in [9.17, 15) is 4.79 Å². The lowest BCUT2D eigenvalue weighted by Gasteiger charge is -2.30. The predicted octanol–water partition coefficient (Wildman–Crippen LogP) is 3.87.